The van der Waals surface area contributed by atoms with Gasteiger partial charge in [0.25, 0.3) is 0 Å². The van der Waals surface area contributed by atoms with Crippen molar-refractivity contribution >= 4 is 19.8 Å². The highest BCUT2D eigenvalue weighted by Gasteiger charge is 2.51. The lowest BCUT2D eigenvalue weighted by Crippen LogP contribution is -2.64. The van der Waals surface area contributed by atoms with Crippen molar-refractivity contribution in [2.24, 2.45) is 0 Å². The van der Waals surface area contributed by atoms with E-state index in [1.54, 1.807) is 0 Å². The highest BCUT2D eigenvalue weighted by atomic mass is 31.2. The van der Waals surface area contributed by atoms with Crippen molar-refractivity contribution < 1.29 is 63.1 Å². The number of esters is 2. The third-order valence-corrected chi connectivity index (χ3v) is 11.5. The van der Waals surface area contributed by atoms with E-state index in [4.69, 9.17) is 18.5 Å². The van der Waals surface area contributed by atoms with Crippen LogP contribution in [-0.4, -0.2) is 98.3 Å². The Morgan fingerprint density at radius 3 is 1.40 bits per heavy atom. The van der Waals surface area contributed by atoms with E-state index in [-0.39, 0.29) is 12.8 Å². The molecule has 0 bridgehead atoms. The third kappa shape index (κ3) is 27.2. The molecule has 58 heavy (non-hydrogen) atoms. The average Bonchev–Trinajstić information content (AvgIpc) is 3.20. The van der Waals surface area contributed by atoms with E-state index in [0.29, 0.717) is 12.8 Å². The fourth-order valence-electron chi connectivity index (χ4n) is 6.85. The number of carbonyl (C=O) groups is 2. The summed E-state index contributed by atoms with van der Waals surface area (Å²) in [5.74, 6) is -1.11. The van der Waals surface area contributed by atoms with Gasteiger partial charge in [0.1, 0.15) is 43.2 Å². The zero-order valence-electron chi connectivity index (χ0n) is 35.8. The number of carbonyl (C=O) groups excluding carboxylic acids is 2. The van der Waals surface area contributed by atoms with Gasteiger partial charge in [0, 0.05) is 12.8 Å². The first-order chi connectivity index (χ1) is 27.9. The summed E-state index contributed by atoms with van der Waals surface area (Å²) >= 11 is 0. The van der Waals surface area contributed by atoms with Crippen LogP contribution in [0.4, 0.5) is 0 Å². The number of phosphoric ester groups is 1. The number of ether oxygens (including phenoxy) is 2. The number of hydrogen-bond acceptors (Lipinski definition) is 12. The summed E-state index contributed by atoms with van der Waals surface area (Å²) in [6.45, 7) is 3.20. The maximum Gasteiger partial charge on any atom is 0.472 e. The van der Waals surface area contributed by atoms with Crippen LogP contribution in [-0.2, 0) is 32.7 Å². The molecule has 1 aliphatic carbocycles. The van der Waals surface area contributed by atoms with Crippen molar-refractivity contribution in [3.8, 4) is 0 Å². The summed E-state index contributed by atoms with van der Waals surface area (Å²) in [5.41, 5.74) is 0. The molecule has 6 unspecified atom stereocenters. The highest BCUT2D eigenvalue weighted by Crippen LogP contribution is 2.47. The van der Waals surface area contributed by atoms with Crippen molar-refractivity contribution in [2.75, 3.05) is 13.2 Å². The monoisotopic (exact) mass is 849 g/mol. The Morgan fingerprint density at radius 2 is 0.931 bits per heavy atom. The van der Waals surface area contributed by atoms with Gasteiger partial charge in [-0.15, -0.1) is 0 Å². The molecular weight excluding hydrogens is 767 g/mol. The molecule has 0 spiro atoms. The minimum absolute atomic E-state index is 0.0964. The minimum Gasteiger partial charge on any atom is -0.462 e. The molecule has 0 aliphatic heterocycles. The van der Waals surface area contributed by atoms with Crippen LogP contribution in [0.15, 0.2) is 24.3 Å². The van der Waals surface area contributed by atoms with Gasteiger partial charge in [-0.25, -0.2) is 4.57 Å². The molecule has 1 fully saturated rings. The summed E-state index contributed by atoms with van der Waals surface area (Å²) in [5, 5.41) is 50.0. The molecule has 6 N–H and O–H groups in total. The molecule has 1 saturated carbocycles. The van der Waals surface area contributed by atoms with E-state index in [1.807, 2.05) is 0 Å². The van der Waals surface area contributed by atoms with Crippen LogP contribution in [0.5, 0.6) is 0 Å². The van der Waals surface area contributed by atoms with E-state index < -0.39 is 75.7 Å². The number of hydrogen-bond donors (Lipinski definition) is 6. The van der Waals surface area contributed by atoms with Gasteiger partial charge in [0.05, 0.1) is 6.61 Å². The molecule has 0 aromatic carbocycles. The fourth-order valence-corrected chi connectivity index (χ4v) is 7.82. The van der Waals surface area contributed by atoms with Gasteiger partial charge < -0.3 is 39.9 Å². The van der Waals surface area contributed by atoms with Crippen molar-refractivity contribution in [3.05, 3.63) is 24.3 Å². The number of aliphatic hydroxyl groups is 5. The first-order valence-electron chi connectivity index (χ1n) is 22.6. The van der Waals surface area contributed by atoms with E-state index in [0.717, 1.165) is 70.6 Å². The van der Waals surface area contributed by atoms with E-state index in [1.165, 1.54) is 77.0 Å². The SMILES string of the molecule is CCCCCCC/C=C\C/C=C\CCCCCCCCCCCCCC(=O)OC(COC(=O)CCCCCCCC)COP(=O)(O)OC1C(O)C(O)C(O)C(O)C1O. The van der Waals surface area contributed by atoms with Crippen LogP contribution in [0, 0.1) is 0 Å². The quantitative estimate of drug-likeness (QED) is 0.0150. The molecule has 13 nitrogen and oxygen atoms in total. The van der Waals surface area contributed by atoms with Gasteiger partial charge in [-0.3, -0.25) is 18.6 Å². The second-order valence-corrected chi connectivity index (χ2v) is 17.3. The maximum atomic E-state index is 12.7. The third-order valence-electron chi connectivity index (χ3n) is 10.5. The van der Waals surface area contributed by atoms with Crippen molar-refractivity contribution in [2.45, 2.75) is 230 Å². The summed E-state index contributed by atoms with van der Waals surface area (Å²) in [6.07, 6.45) is 24.3. The largest absolute Gasteiger partial charge is 0.472 e. The summed E-state index contributed by atoms with van der Waals surface area (Å²) < 4.78 is 33.3. The van der Waals surface area contributed by atoms with E-state index in [9.17, 15) is 44.6 Å². The summed E-state index contributed by atoms with van der Waals surface area (Å²) in [6, 6.07) is 0. The molecule has 0 amide bonds. The first-order valence-corrected chi connectivity index (χ1v) is 24.1. The molecule has 6 atom stereocenters. The zero-order valence-corrected chi connectivity index (χ0v) is 36.7. The second kappa shape index (κ2) is 35.0. The number of allylic oxidation sites excluding steroid dienone is 4. The molecule has 0 radical (unpaired) electrons. The molecule has 1 aliphatic rings. The van der Waals surface area contributed by atoms with Gasteiger partial charge in [-0.1, -0.05) is 154 Å². The van der Waals surface area contributed by atoms with Crippen molar-refractivity contribution in [1.29, 1.82) is 0 Å². The Morgan fingerprint density at radius 1 is 0.534 bits per heavy atom. The van der Waals surface area contributed by atoms with Crippen molar-refractivity contribution in [3.63, 3.8) is 0 Å². The van der Waals surface area contributed by atoms with Crippen LogP contribution in [0.1, 0.15) is 187 Å². The van der Waals surface area contributed by atoms with Crippen LogP contribution in [0.3, 0.4) is 0 Å². The van der Waals surface area contributed by atoms with Crippen LogP contribution in [0.25, 0.3) is 0 Å². The number of rotatable bonds is 37. The van der Waals surface area contributed by atoms with Gasteiger partial charge in [-0.05, 0) is 44.9 Å². The predicted molar refractivity (Wildman–Crippen MR) is 226 cm³/mol. The Labute approximate surface area is 349 Å². The standard InChI is InChI=1S/C44H81O13P/c1-3-5-7-9-11-12-13-14-15-16-17-18-19-20-21-22-23-24-25-26-27-29-31-33-38(46)56-36(34-54-37(45)32-30-28-10-8-6-4-2)35-55-58(52,53)57-44-42(50)40(48)39(47)41(49)43(44)51/h13-14,16-17,36,39-44,47-51H,3-12,15,18-35H2,1-2H3,(H,52,53)/b14-13-,17-16-. The van der Waals surface area contributed by atoms with Crippen LogP contribution in [0.2, 0.25) is 0 Å². The molecule has 0 heterocycles. The van der Waals surface area contributed by atoms with Gasteiger partial charge in [0.15, 0.2) is 6.10 Å². The summed E-state index contributed by atoms with van der Waals surface area (Å²) in [4.78, 5) is 35.4. The van der Waals surface area contributed by atoms with Gasteiger partial charge in [0.2, 0.25) is 0 Å². The maximum absolute atomic E-state index is 12.7. The lowest BCUT2D eigenvalue weighted by atomic mass is 9.85. The molecule has 0 saturated heterocycles. The minimum atomic E-state index is -5.10. The second-order valence-electron chi connectivity index (χ2n) is 15.9. The molecule has 0 aromatic rings. The van der Waals surface area contributed by atoms with Crippen LogP contribution < -0.4 is 0 Å². The highest BCUT2D eigenvalue weighted by molar-refractivity contribution is 7.47. The Kier molecular flexibility index (Phi) is 32.8. The lowest BCUT2D eigenvalue weighted by Gasteiger charge is -2.41. The van der Waals surface area contributed by atoms with Gasteiger partial charge in [-0.2, -0.15) is 0 Å². The molecule has 340 valence electrons. The van der Waals surface area contributed by atoms with Gasteiger partial charge >= 0.3 is 19.8 Å². The fraction of sp³-hybridized carbons (Fsp3) is 0.864. The normalized spacial score (nSPS) is 22.7. The van der Waals surface area contributed by atoms with E-state index in [2.05, 4.69) is 38.2 Å². The summed E-state index contributed by atoms with van der Waals surface area (Å²) in [7, 11) is -5.10. The van der Waals surface area contributed by atoms with E-state index >= 15 is 0 Å². The van der Waals surface area contributed by atoms with Crippen LogP contribution >= 0.6 is 7.82 Å². The topological polar surface area (TPSA) is 210 Å². The number of phosphoric acid groups is 1. The Bertz CT molecular complexity index is 1120. The first kappa shape index (κ1) is 54.3. The Balaban J connectivity index is 2.33. The average molecular weight is 849 g/mol. The predicted octanol–water partition coefficient (Wildman–Crippen LogP) is 8.45. The molecule has 14 heteroatoms. The number of aliphatic hydroxyl groups excluding tert-OH is 5. The zero-order chi connectivity index (χ0) is 42.9. The molecular formula is C44H81O13P. The Hall–Kier alpha value is -1.67. The lowest BCUT2D eigenvalue weighted by molar-refractivity contribution is -0.220. The molecule has 0 aromatic heterocycles. The number of unbranched alkanes of at least 4 members (excludes halogenated alkanes) is 21. The van der Waals surface area contributed by atoms with Crippen molar-refractivity contribution in [1.82, 2.24) is 0 Å². The molecule has 1 rings (SSSR count). The smallest absolute Gasteiger partial charge is 0.462 e.